The number of hydrogen-bond acceptors (Lipinski definition) is 4. The van der Waals surface area contributed by atoms with E-state index in [1.165, 1.54) is 12.1 Å². The summed E-state index contributed by atoms with van der Waals surface area (Å²) in [6, 6.07) is 14.0. The zero-order chi connectivity index (χ0) is 22.0. The number of aliphatic hydroxyl groups excluding tert-OH is 1. The van der Waals surface area contributed by atoms with Crippen LogP contribution >= 0.6 is 0 Å². The van der Waals surface area contributed by atoms with Crippen molar-refractivity contribution >= 4 is 17.3 Å². The van der Waals surface area contributed by atoms with Gasteiger partial charge in [-0.1, -0.05) is 0 Å². The summed E-state index contributed by atoms with van der Waals surface area (Å²) in [5, 5.41) is 12.6. The maximum absolute atomic E-state index is 12.7. The van der Waals surface area contributed by atoms with E-state index in [-0.39, 0.29) is 11.9 Å². The molecular weight excluding hydrogens is 411 g/mol. The molecule has 3 aromatic rings. The molecule has 1 fully saturated rings. The van der Waals surface area contributed by atoms with Gasteiger partial charge in [0.2, 0.25) is 0 Å². The lowest BCUT2D eigenvalue weighted by atomic mass is 10.0. The Morgan fingerprint density at radius 1 is 1.16 bits per heavy atom. The largest absolute Gasteiger partial charge is 0.573 e. The Hall–Kier alpha value is -3.46. The molecule has 6 nitrogen and oxygen atoms in total. The van der Waals surface area contributed by atoms with E-state index in [2.05, 4.69) is 19.9 Å². The minimum absolute atomic E-state index is 0.340. The van der Waals surface area contributed by atoms with Crippen molar-refractivity contribution in [3.05, 3.63) is 66.4 Å². The molecule has 1 amide bonds. The van der Waals surface area contributed by atoms with Gasteiger partial charge in [0, 0.05) is 47.5 Å². The molecule has 1 saturated heterocycles. The molecule has 2 aromatic carbocycles. The summed E-state index contributed by atoms with van der Waals surface area (Å²) in [5.41, 5.74) is 3.29. The number of nitrogens with one attached hydrogen (secondary N) is 2. The SMILES string of the molecule is O=C(Nc1ccc(OC(F)(F)F)cc1)c1ccc(N2CCC(O)C2)c(-c2ccc[nH]2)c1. The van der Waals surface area contributed by atoms with Gasteiger partial charge < -0.3 is 25.0 Å². The van der Waals surface area contributed by atoms with Gasteiger partial charge in [-0.3, -0.25) is 4.79 Å². The van der Waals surface area contributed by atoms with Crippen molar-refractivity contribution < 1.29 is 27.8 Å². The third-order valence-corrected chi connectivity index (χ3v) is 5.00. The van der Waals surface area contributed by atoms with Crippen molar-refractivity contribution in [2.24, 2.45) is 0 Å². The first kappa shape index (κ1) is 20.8. The first-order valence-corrected chi connectivity index (χ1v) is 9.66. The van der Waals surface area contributed by atoms with E-state index in [0.717, 1.165) is 29.1 Å². The number of amides is 1. The number of halogens is 3. The van der Waals surface area contributed by atoms with Gasteiger partial charge in [0.1, 0.15) is 5.75 Å². The molecule has 1 unspecified atom stereocenters. The molecule has 31 heavy (non-hydrogen) atoms. The van der Waals surface area contributed by atoms with Crippen molar-refractivity contribution in [3.63, 3.8) is 0 Å². The minimum atomic E-state index is -4.77. The Kier molecular flexibility index (Phi) is 5.60. The fourth-order valence-corrected chi connectivity index (χ4v) is 3.57. The molecule has 0 aliphatic carbocycles. The molecule has 4 rings (SSSR count). The van der Waals surface area contributed by atoms with Crippen molar-refractivity contribution in [1.29, 1.82) is 0 Å². The van der Waals surface area contributed by atoms with Gasteiger partial charge in [-0.15, -0.1) is 13.2 Å². The van der Waals surface area contributed by atoms with Crippen LogP contribution in [0.1, 0.15) is 16.8 Å². The first-order chi connectivity index (χ1) is 14.8. The van der Waals surface area contributed by atoms with Gasteiger partial charge in [0.15, 0.2) is 0 Å². The van der Waals surface area contributed by atoms with Gasteiger partial charge in [-0.25, -0.2) is 0 Å². The number of anilines is 2. The molecule has 0 bridgehead atoms. The summed E-state index contributed by atoms with van der Waals surface area (Å²) < 4.78 is 40.7. The number of H-pyrrole nitrogens is 1. The number of carbonyl (C=O) groups excluding carboxylic acids is 1. The van der Waals surface area contributed by atoms with E-state index in [9.17, 15) is 23.1 Å². The highest BCUT2D eigenvalue weighted by atomic mass is 19.4. The van der Waals surface area contributed by atoms with Gasteiger partial charge >= 0.3 is 6.36 Å². The molecule has 2 heterocycles. The number of ether oxygens (including phenoxy) is 1. The Labute approximate surface area is 176 Å². The maximum Gasteiger partial charge on any atom is 0.573 e. The van der Waals surface area contributed by atoms with E-state index in [1.807, 2.05) is 18.2 Å². The van der Waals surface area contributed by atoms with E-state index in [1.54, 1.807) is 18.3 Å². The Morgan fingerprint density at radius 2 is 1.94 bits per heavy atom. The standard InChI is InChI=1S/C22H20F3N3O3/c23-22(24,25)31-17-6-4-15(5-7-17)27-21(30)14-3-8-20(28-11-9-16(29)13-28)18(12-14)19-2-1-10-26-19/h1-8,10,12,16,26,29H,9,11,13H2,(H,27,30). The van der Waals surface area contributed by atoms with Crippen LogP contribution in [0.25, 0.3) is 11.3 Å². The van der Waals surface area contributed by atoms with Crippen molar-refractivity contribution in [3.8, 4) is 17.0 Å². The van der Waals surface area contributed by atoms with Gasteiger partial charge in [-0.2, -0.15) is 0 Å². The summed E-state index contributed by atoms with van der Waals surface area (Å²) in [7, 11) is 0. The number of benzene rings is 2. The molecule has 0 saturated carbocycles. The molecule has 162 valence electrons. The van der Waals surface area contributed by atoms with Crippen LogP contribution in [0.4, 0.5) is 24.5 Å². The van der Waals surface area contributed by atoms with E-state index < -0.39 is 12.3 Å². The summed E-state index contributed by atoms with van der Waals surface area (Å²) >= 11 is 0. The lowest BCUT2D eigenvalue weighted by molar-refractivity contribution is -0.274. The summed E-state index contributed by atoms with van der Waals surface area (Å²) in [6.07, 6.45) is -2.69. The number of β-amino-alcohol motifs (C(OH)–C–C–N with tert-alkyl or cyclic N) is 1. The molecule has 1 atom stereocenters. The highest BCUT2D eigenvalue weighted by molar-refractivity contribution is 6.05. The normalized spacial score (nSPS) is 16.4. The number of aromatic nitrogens is 1. The van der Waals surface area contributed by atoms with Crippen molar-refractivity contribution in [2.45, 2.75) is 18.9 Å². The number of carbonyl (C=O) groups is 1. The van der Waals surface area contributed by atoms with Crippen LogP contribution in [0.3, 0.4) is 0 Å². The third-order valence-electron chi connectivity index (χ3n) is 5.00. The number of aromatic amines is 1. The molecule has 1 aliphatic heterocycles. The molecular formula is C22H20F3N3O3. The Balaban J connectivity index is 1.55. The molecule has 3 N–H and O–H groups in total. The smallest absolute Gasteiger partial charge is 0.406 e. The fourth-order valence-electron chi connectivity index (χ4n) is 3.57. The Bertz CT molecular complexity index is 1050. The predicted octanol–water partition coefficient (Wildman–Crippen LogP) is 4.40. The average molecular weight is 431 g/mol. The highest BCUT2D eigenvalue weighted by Gasteiger charge is 2.31. The monoisotopic (exact) mass is 431 g/mol. The van der Waals surface area contributed by atoms with Crippen LogP contribution in [-0.2, 0) is 0 Å². The quantitative estimate of drug-likeness (QED) is 0.560. The zero-order valence-corrected chi connectivity index (χ0v) is 16.3. The van der Waals surface area contributed by atoms with Crippen LogP contribution in [0.5, 0.6) is 5.75 Å². The second kappa shape index (κ2) is 8.35. The molecule has 9 heteroatoms. The number of hydrogen-bond donors (Lipinski definition) is 3. The summed E-state index contributed by atoms with van der Waals surface area (Å²) in [6.45, 7) is 1.23. The topological polar surface area (TPSA) is 77.6 Å². The molecule has 0 radical (unpaired) electrons. The molecule has 0 spiro atoms. The van der Waals surface area contributed by atoms with Crippen molar-refractivity contribution in [1.82, 2.24) is 4.98 Å². The van der Waals surface area contributed by atoms with E-state index in [4.69, 9.17) is 0 Å². The van der Waals surface area contributed by atoms with Crippen LogP contribution in [0, 0.1) is 0 Å². The highest BCUT2D eigenvalue weighted by Crippen LogP contribution is 2.33. The van der Waals surface area contributed by atoms with Crippen LogP contribution in [0.2, 0.25) is 0 Å². The van der Waals surface area contributed by atoms with Gasteiger partial charge in [-0.05, 0) is 61.0 Å². The lowest BCUT2D eigenvalue weighted by Gasteiger charge is -2.22. The maximum atomic E-state index is 12.7. The second-order valence-corrected chi connectivity index (χ2v) is 7.23. The number of alkyl halides is 3. The zero-order valence-electron chi connectivity index (χ0n) is 16.3. The number of aliphatic hydroxyl groups is 1. The second-order valence-electron chi connectivity index (χ2n) is 7.23. The minimum Gasteiger partial charge on any atom is -0.406 e. The third kappa shape index (κ3) is 5.00. The predicted molar refractivity (Wildman–Crippen MR) is 110 cm³/mol. The fraction of sp³-hybridized carbons (Fsp3) is 0.227. The number of nitrogens with zero attached hydrogens (tertiary/aromatic N) is 1. The van der Waals surface area contributed by atoms with Gasteiger partial charge in [0.25, 0.3) is 5.91 Å². The van der Waals surface area contributed by atoms with Crippen LogP contribution < -0.4 is 15.0 Å². The first-order valence-electron chi connectivity index (χ1n) is 9.66. The van der Waals surface area contributed by atoms with Crippen LogP contribution in [-0.4, -0.2) is 41.6 Å². The van der Waals surface area contributed by atoms with Crippen molar-refractivity contribution in [2.75, 3.05) is 23.3 Å². The van der Waals surface area contributed by atoms with E-state index >= 15 is 0 Å². The Morgan fingerprint density at radius 3 is 2.55 bits per heavy atom. The van der Waals surface area contributed by atoms with Crippen LogP contribution in [0.15, 0.2) is 60.8 Å². The molecule has 1 aliphatic rings. The average Bonchev–Trinajstić information content (AvgIpc) is 3.40. The summed E-state index contributed by atoms with van der Waals surface area (Å²) in [4.78, 5) is 18.0. The van der Waals surface area contributed by atoms with E-state index in [0.29, 0.717) is 30.8 Å². The molecule has 1 aromatic heterocycles. The van der Waals surface area contributed by atoms with Gasteiger partial charge in [0.05, 0.1) is 6.10 Å². The lowest BCUT2D eigenvalue weighted by Crippen LogP contribution is -2.22. The summed E-state index contributed by atoms with van der Waals surface area (Å²) in [5.74, 6) is -0.762. The number of rotatable bonds is 5.